The summed E-state index contributed by atoms with van der Waals surface area (Å²) in [6.07, 6.45) is 8.98. The van der Waals surface area contributed by atoms with E-state index >= 15 is 0 Å². The Kier molecular flexibility index (Phi) is 3.09. The number of benzene rings is 1. The van der Waals surface area contributed by atoms with Gasteiger partial charge in [-0.25, -0.2) is 9.67 Å². The molecule has 5 heteroatoms. The summed E-state index contributed by atoms with van der Waals surface area (Å²) in [5.41, 5.74) is 2.01. The van der Waals surface area contributed by atoms with Gasteiger partial charge in [0.25, 0.3) is 0 Å². The minimum atomic E-state index is 0.638. The minimum Gasteiger partial charge on any atom is -0.264 e. The topological polar surface area (TPSA) is 43.6 Å². The van der Waals surface area contributed by atoms with Gasteiger partial charge in [-0.1, -0.05) is 41.9 Å². The maximum absolute atomic E-state index is 6.22. The van der Waals surface area contributed by atoms with Crippen LogP contribution in [0.3, 0.4) is 0 Å². The molecule has 0 unspecified atom stereocenters. The summed E-state index contributed by atoms with van der Waals surface area (Å²) < 4.78 is 1.76. The third-order valence-corrected chi connectivity index (χ3v) is 3.82. The first-order valence-corrected chi connectivity index (χ1v) is 7.19. The molecule has 0 aliphatic carbocycles. The lowest BCUT2D eigenvalue weighted by molar-refractivity contribution is 0.856. The maximum Gasteiger partial charge on any atom is 0.161 e. The zero-order chi connectivity index (χ0) is 14.9. The number of hydrogen-bond acceptors (Lipinski definition) is 3. The third kappa shape index (κ3) is 2.14. The highest BCUT2D eigenvalue weighted by molar-refractivity contribution is 6.35. The van der Waals surface area contributed by atoms with Crippen LogP contribution in [0.2, 0.25) is 5.02 Å². The molecule has 4 rings (SSSR count). The van der Waals surface area contributed by atoms with Crippen LogP contribution >= 0.6 is 11.6 Å². The Morgan fingerprint density at radius 2 is 1.73 bits per heavy atom. The highest BCUT2D eigenvalue weighted by Crippen LogP contribution is 2.27. The van der Waals surface area contributed by atoms with Crippen LogP contribution < -0.4 is 0 Å². The van der Waals surface area contributed by atoms with E-state index in [9.17, 15) is 0 Å². The molecule has 0 aliphatic rings. The summed E-state index contributed by atoms with van der Waals surface area (Å²) in [6, 6.07) is 11.8. The quantitative estimate of drug-likeness (QED) is 0.559. The van der Waals surface area contributed by atoms with Crippen LogP contribution in [-0.4, -0.2) is 19.7 Å². The summed E-state index contributed by atoms with van der Waals surface area (Å²) in [6.45, 7) is 0. The van der Waals surface area contributed by atoms with Gasteiger partial charge >= 0.3 is 0 Å². The summed E-state index contributed by atoms with van der Waals surface area (Å²) in [7, 11) is 0. The first-order chi connectivity index (χ1) is 10.8. The second-order valence-corrected chi connectivity index (χ2v) is 5.30. The van der Waals surface area contributed by atoms with Crippen LogP contribution in [0.1, 0.15) is 0 Å². The van der Waals surface area contributed by atoms with E-state index in [1.54, 1.807) is 17.1 Å². The van der Waals surface area contributed by atoms with Crippen LogP contribution in [0.5, 0.6) is 0 Å². The third-order valence-electron chi connectivity index (χ3n) is 3.52. The molecule has 4 nitrogen and oxygen atoms in total. The zero-order valence-electron chi connectivity index (χ0n) is 11.5. The molecule has 22 heavy (non-hydrogen) atoms. The van der Waals surface area contributed by atoms with Gasteiger partial charge < -0.3 is 0 Å². The van der Waals surface area contributed by atoms with E-state index in [1.807, 2.05) is 55.0 Å². The molecule has 4 aromatic rings. The molecule has 3 aromatic heterocycles. The van der Waals surface area contributed by atoms with Gasteiger partial charge in [0.05, 0.1) is 11.2 Å². The van der Waals surface area contributed by atoms with E-state index in [0.717, 1.165) is 27.7 Å². The summed E-state index contributed by atoms with van der Waals surface area (Å²) in [5, 5.41) is 7.00. The smallest absolute Gasteiger partial charge is 0.161 e. The van der Waals surface area contributed by atoms with Crippen molar-refractivity contribution in [3.63, 3.8) is 0 Å². The van der Waals surface area contributed by atoms with Crippen LogP contribution in [0, 0.1) is 0 Å². The van der Waals surface area contributed by atoms with Gasteiger partial charge in [-0.15, -0.1) is 0 Å². The molecule has 0 saturated carbocycles. The van der Waals surface area contributed by atoms with Crippen molar-refractivity contribution in [3.05, 3.63) is 72.4 Å². The van der Waals surface area contributed by atoms with Crippen LogP contribution in [0.25, 0.3) is 27.7 Å². The lowest BCUT2D eigenvalue weighted by atomic mass is 10.1. The molecule has 0 fully saturated rings. The van der Waals surface area contributed by atoms with E-state index in [0.29, 0.717) is 5.02 Å². The molecule has 0 spiro atoms. The SMILES string of the molecule is Clc1cnc(-n2cc(-c3cccnc3)cn2)c2ccccc12. The molecule has 0 saturated heterocycles. The first kappa shape index (κ1) is 13.0. The zero-order valence-corrected chi connectivity index (χ0v) is 12.3. The monoisotopic (exact) mass is 306 g/mol. The highest BCUT2D eigenvalue weighted by Gasteiger charge is 2.10. The summed E-state index contributed by atoms with van der Waals surface area (Å²) in [4.78, 5) is 8.57. The second kappa shape index (κ2) is 5.24. The van der Waals surface area contributed by atoms with E-state index in [-0.39, 0.29) is 0 Å². The predicted octanol–water partition coefficient (Wildman–Crippen LogP) is 4.14. The number of fused-ring (bicyclic) bond motifs is 1. The number of rotatable bonds is 2. The van der Waals surface area contributed by atoms with Gasteiger partial charge in [-0.05, 0) is 6.07 Å². The van der Waals surface area contributed by atoms with Crippen LogP contribution in [0.4, 0.5) is 0 Å². The van der Waals surface area contributed by atoms with Crippen molar-refractivity contribution in [3.8, 4) is 16.9 Å². The number of hydrogen-bond donors (Lipinski definition) is 0. The Balaban J connectivity index is 1.87. The van der Waals surface area contributed by atoms with Crippen molar-refractivity contribution < 1.29 is 0 Å². The number of aromatic nitrogens is 4. The van der Waals surface area contributed by atoms with Gasteiger partial charge in [0, 0.05) is 46.7 Å². The van der Waals surface area contributed by atoms with E-state index < -0.39 is 0 Å². The van der Waals surface area contributed by atoms with Crippen molar-refractivity contribution in [2.24, 2.45) is 0 Å². The average molecular weight is 307 g/mol. The van der Waals surface area contributed by atoms with Crippen LogP contribution in [0.15, 0.2) is 67.4 Å². The standard InChI is InChI=1S/C17H11ClN4/c18-16-10-20-17(15-6-2-1-5-14(15)16)22-11-13(9-21-22)12-4-3-7-19-8-12/h1-11H. The molecule has 3 heterocycles. The van der Waals surface area contributed by atoms with Gasteiger partial charge in [0.2, 0.25) is 0 Å². The normalized spacial score (nSPS) is 11.0. The first-order valence-electron chi connectivity index (χ1n) is 6.81. The van der Waals surface area contributed by atoms with Crippen LogP contribution in [-0.2, 0) is 0 Å². The van der Waals surface area contributed by atoms with Gasteiger partial charge in [-0.2, -0.15) is 5.10 Å². The van der Waals surface area contributed by atoms with E-state index in [2.05, 4.69) is 15.1 Å². The second-order valence-electron chi connectivity index (χ2n) is 4.89. The molecule has 1 aromatic carbocycles. The van der Waals surface area contributed by atoms with Gasteiger partial charge in [-0.3, -0.25) is 4.98 Å². The summed E-state index contributed by atoms with van der Waals surface area (Å²) >= 11 is 6.22. The molecular formula is C17H11ClN4. The van der Waals surface area contributed by atoms with Crippen molar-refractivity contribution in [2.45, 2.75) is 0 Å². The molecule has 0 amide bonds. The fourth-order valence-electron chi connectivity index (χ4n) is 2.45. The molecule has 106 valence electrons. The van der Waals surface area contributed by atoms with E-state index in [1.165, 1.54) is 0 Å². The lowest BCUT2D eigenvalue weighted by Gasteiger charge is -2.06. The number of halogens is 1. The molecule has 0 radical (unpaired) electrons. The predicted molar refractivity (Wildman–Crippen MR) is 87.1 cm³/mol. The number of nitrogens with zero attached hydrogens (tertiary/aromatic N) is 4. The fourth-order valence-corrected chi connectivity index (χ4v) is 2.66. The van der Waals surface area contributed by atoms with Crippen molar-refractivity contribution >= 4 is 22.4 Å². The van der Waals surface area contributed by atoms with Gasteiger partial charge in [0.1, 0.15) is 0 Å². The molecule has 0 aliphatic heterocycles. The Bertz CT molecular complexity index is 947. The Morgan fingerprint density at radius 3 is 2.55 bits per heavy atom. The van der Waals surface area contributed by atoms with Gasteiger partial charge in [0.15, 0.2) is 5.82 Å². The Morgan fingerprint density at radius 1 is 0.864 bits per heavy atom. The van der Waals surface area contributed by atoms with E-state index in [4.69, 9.17) is 11.6 Å². The molecule has 0 atom stereocenters. The maximum atomic E-state index is 6.22. The molecule has 0 N–H and O–H groups in total. The lowest BCUT2D eigenvalue weighted by Crippen LogP contribution is -1.99. The highest BCUT2D eigenvalue weighted by atomic mass is 35.5. The largest absolute Gasteiger partial charge is 0.264 e. The Hall–Kier alpha value is -2.72. The fraction of sp³-hybridized carbons (Fsp3) is 0. The van der Waals surface area contributed by atoms with Crippen molar-refractivity contribution in [1.29, 1.82) is 0 Å². The van der Waals surface area contributed by atoms with Crippen molar-refractivity contribution in [2.75, 3.05) is 0 Å². The molecular weight excluding hydrogens is 296 g/mol. The number of pyridine rings is 2. The average Bonchev–Trinajstić information content (AvgIpc) is 3.06. The van der Waals surface area contributed by atoms with Crippen molar-refractivity contribution in [1.82, 2.24) is 19.7 Å². The molecule has 0 bridgehead atoms. The Labute approximate surface area is 132 Å². The minimum absolute atomic E-state index is 0.638. The summed E-state index contributed by atoms with van der Waals surface area (Å²) in [5.74, 6) is 0.759.